The largest absolute Gasteiger partial charge is 0.481 e. The minimum Gasteiger partial charge on any atom is -0.481 e. The average Bonchev–Trinajstić information content (AvgIpc) is 2.80. The number of para-hydroxylation sites is 1. The van der Waals surface area contributed by atoms with Crippen LogP contribution in [0, 0.1) is 22.2 Å². The summed E-state index contributed by atoms with van der Waals surface area (Å²) in [6, 6.07) is 15.6. The third kappa shape index (κ3) is 4.75. The topological polar surface area (TPSA) is 140 Å². The molecule has 1 aliphatic rings. The number of carbonyl (C=O) groups excluding carboxylic acids is 1. The van der Waals surface area contributed by atoms with E-state index < -0.39 is 53.1 Å². The number of nitriles is 1. The van der Waals surface area contributed by atoms with Crippen LogP contribution in [0.5, 0.6) is 0 Å². The molecule has 4 N–H and O–H groups in total. The number of carbonyl (C=O) groups is 3. The van der Waals surface area contributed by atoms with E-state index in [-0.39, 0.29) is 12.8 Å². The summed E-state index contributed by atoms with van der Waals surface area (Å²) in [5.41, 5.74) is -2.66. The van der Waals surface area contributed by atoms with Crippen molar-refractivity contribution in [3.63, 3.8) is 0 Å². The molecule has 0 aliphatic carbocycles. The van der Waals surface area contributed by atoms with Crippen molar-refractivity contribution < 1.29 is 24.6 Å². The normalized spacial score (nSPS) is 28.0. The van der Waals surface area contributed by atoms with E-state index in [4.69, 9.17) is 11.6 Å². The number of benzene rings is 2. The Morgan fingerprint density at radius 2 is 1.66 bits per heavy atom. The van der Waals surface area contributed by atoms with E-state index in [1.807, 2.05) is 6.07 Å². The number of hydrogen-bond acceptors (Lipinski definition) is 5. The van der Waals surface area contributed by atoms with Crippen molar-refractivity contribution in [2.24, 2.45) is 10.8 Å². The molecule has 9 heteroatoms. The predicted molar refractivity (Wildman–Crippen MR) is 131 cm³/mol. The van der Waals surface area contributed by atoms with Crippen LogP contribution in [0.3, 0.4) is 0 Å². The Morgan fingerprint density at radius 1 is 1.03 bits per heavy atom. The van der Waals surface area contributed by atoms with Gasteiger partial charge in [0, 0.05) is 41.6 Å². The van der Waals surface area contributed by atoms with Gasteiger partial charge in [0.25, 0.3) is 0 Å². The van der Waals surface area contributed by atoms with Crippen molar-refractivity contribution in [1.82, 2.24) is 5.32 Å². The molecule has 5 atom stereocenters. The van der Waals surface area contributed by atoms with Crippen LogP contribution in [-0.4, -0.2) is 40.1 Å². The van der Waals surface area contributed by atoms with Crippen LogP contribution in [-0.2, 0) is 14.4 Å². The first-order valence-electron chi connectivity index (χ1n) is 11.3. The number of hydrogen-bond donors (Lipinski definition) is 4. The van der Waals surface area contributed by atoms with E-state index in [1.165, 1.54) is 0 Å². The number of aliphatic carboxylic acids is 2. The second kappa shape index (κ2) is 10.5. The summed E-state index contributed by atoms with van der Waals surface area (Å²) in [4.78, 5) is 39.3. The van der Waals surface area contributed by atoms with Gasteiger partial charge in [0.2, 0.25) is 5.91 Å². The van der Waals surface area contributed by atoms with Gasteiger partial charge < -0.3 is 20.8 Å². The average molecular weight is 498 g/mol. The van der Waals surface area contributed by atoms with E-state index >= 15 is 0 Å². The minimum absolute atomic E-state index is 0.102. The Bertz CT molecular complexity index is 1150. The third-order valence-corrected chi connectivity index (χ3v) is 7.45. The summed E-state index contributed by atoms with van der Waals surface area (Å²) >= 11 is 6.26. The van der Waals surface area contributed by atoms with Crippen LogP contribution in [0.4, 0.5) is 5.69 Å². The number of rotatable bonds is 8. The molecule has 2 aromatic carbocycles. The zero-order valence-corrected chi connectivity index (χ0v) is 20.2. The zero-order valence-electron chi connectivity index (χ0n) is 19.5. The maximum absolute atomic E-state index is 13.2. The Morgan fingerprint density at radius 3 is 2.23 bits per heavy atom. The highest BCUT2D eigenvalue weighted by atomic mass is 35.5. The number of anilines is 1. The first-order valence-corrected chi connectivity index (χ1v) is 11.7. The molecular weight excluding hydrogens is 470 g/mol. The van der Waals surface area contributed by atoms with E-state index in [0.29, 0.717) is 16.3 Å². The molecular formula is C26H28ClN3O5. The van der Waals surface area contributed by atoms with Crippen molar-refractivity contribution >= 4 is 35.1 Å². The summed E-state index contributed by atoms with van der Waals surface area (Å²) in [5.74, 6) is -4.27. The van der Waals surface area contributed by atoms with Gasteiger partial charge >= 0.3 is 11.9 Å². The van der Waals surface area contributed by atoms with Gasteiger partial charge in [-0.05, 0) is 50.1 Å². The highest BCUT2D eigenvalue weighted by Crippen LogP contribution is 2.59. The van der Waals surface area contributed by atoms with E-state index in [2.05, 4.69) is 10.6 Å². The highest BCUT2D eigenvalue weighted by molar-refractivity contribution is 6.30. The lowest BCUT2D eigenvalue weighted by molar-refractivity contribution is -0.175. The quantitative estimate of drug-likeness (QED) is 0.426. The predicted octanol–water partition coefficient (Wildman–Crippen LogP) is 4.28. The molecule has 2 aromatic rings. The number of piperidine rings is 1. The fraction of sp³-hybridized carbons (Fsp3) is 0.385. The number of carboxylic acids is 2. The van der Waals surface area contributed by atoms with Crippen molar-refractivity contribution in [2.45, 2.75) is 51.1 Å². The molecule has 5 unspecified atom stereocenters. The lowest BCUT2D eigenvalue weighted by Crippen LogP contribution is -2.70. The first-order chi connectivity index (χ1) is 16.6. The van der Waals surface area contributed by atoms with Crippen molar-refractivity contribution in [3.05, 3.63) is 65.2 Å². The number of nitrogens with one attached hydrogen (secondary N) is 2. The second-order valence-corrected chi connectivity index (χ2v) is 9.47. The molecule has 0 bridgehead atoms. The van der Waals surface area contributed by atoms with E-state index in [0.717, 1.165) is 0 Å². The maximum atomic E-state index is 13.2. The molecule has 0 spiro atoms. The second-order valence-electron chi connectivity index (χ2n) is 9.04. The first kappa shape index (κ1) is 26.2. The smallest absolute Gasteiger partial charge is 0.312 e. The zero-order chi connectivity index (χ0) is 25.8. The number of halogens is 1. The molecule has 1 amide bonds. The van der Waals surface area contributed by atoms with E-state index in [9.17, 15) is 29.9 Å². The highest BCUT2D eigenvalue weighted by Gasteiger charge is 2.67. The summed E-state index contributed by atoms with van der Waals surface area (Å²) in [5, 5.41) is 36.8. The number of amides is 1. The number of nitrogens with zero attached hydrogens (tertiary/aromatic N) is 1. The third-order valence-electron chi connectivity index (χ3n) is 7.22. The van der Waals surface area contributed by atoms with Gasteiger partial charge in [-0.2, -0.15) is 5.26 Å². The number of carboxylic acid groups (broad SMARTS) is 2. The van der Waals surface area contributed by atoms with Gasteiger partial charge in [0.1, 0.15) is 0 Å². The standard InChI is InChI=1S/C26H28ClN3O5/c1-16-25(23(32)33,12-7-13-28)22(18-8-6-9-19(27)14-18)26(24(34)35,17(2)29-16)15-21(31)30-20-10-4-3-5-11-20/h3-6,8-11,14,16-17,22,29H,7,12,15H2,1-2H3,(H,30,31)(H,32,33)(H,34,35). The van der Waals surface area contributed by atoms with E-state index in [1.54, 1.807) is 68.4 Å². The fourth-order valence-corrected chi connectivity index (χ4v) is 5.78. The SMILES string of the molecule is CC1NC(C)C(CC(=O)Nc2ccccc2)(C(=O)O)C(c2cccc(Cl)c2)C1(CCC#N)C(=O)O. The Hall–Kier alpha value is -3.41. The Balaban J connectivity index is 2.25. The molecule has 1 heterocycles. The van der Waals surface area contributed by atoms with Crippen molar-refractivity contribution in [1.29, 1.82) is 5.26 Å². The van der Waals surface area contributed by atoms with Crippen LogP contribution in [0.25, 0.3) is 0 Å². The maximum Gasteiger partial charge on any atom is 0.312 e. The molecule has 1 fully saturated rings. The summed E-state index contributed by atoms with van der Waals surface area (Å²) in [7, 11) is 0. The molecule has 1 aliphatic heterocycles. The fourth-order valence-electron chi connectivity index (χ4n) is 5.58. The summed E-state index contributed by atoms with van der Waals surface area (Å²) < 4.78 is 0. The van der Waals surface area contributed by atoms with Crippen molar-refractivity contribution in [3.8, 4) is 6.07 Å². The molecule has 184 valence electrons. The molecule has 0 radical (unpaired) electrons. The van der Waals surface area contributed by atoms with Gasteiger partial charge in [-0.3, -0.25) is 14.4 Å². The lowest BCUT2D eigenvalue weighted by atomic mass is 9.49. The lowest BCUT2D eigenvalue weighted by Gasteiger charge is -2.57. The Kier molecular flexibility index (Phi) is 7.83. The molecule has 8 nitrogen and oxygen atoms in total. The van der Waals surface area contributed by atoms with Crippen LogP contribution in [0.2, 0.25) is 5.02 Å². The monoisotopic (exact) mass is 497 g/mol. The van der Waals surface area contributed by atoms with Crippen LogP contribution in [0.15, 0.2) is 54.6 Å². The minimum atomic E-state index is -1.86. The molecule has 0 aromatic heterocycles. The molecule has 0 saturated carbocycles. The van der Waals surface area contributed by atoms with Gasteiger partial charge in [0.05, 0.1) is 16.9 Å². The molecule has 3 rings (SSSR count). The van der Waals surface area contributed by atoms with Gasteiger partial charge in [-0.1, -0.05) is 41.9 Å². The van der Waals surface area contributed by atoms with Crippen LogP contribution >= 0.6 is 11.6 Å². The van der Waals surface area contributed by atoms with Crippen LogP contribution < -0.4 is 10.6 Å². The summed E-state index contributed by atoms with van der Waals surface area (Å²) in [6.07, 6.45) is -0.696. The van der Waals surface area contributed by atoms with Gasteiger partial charge in [-0.25, -0.2) is 0 Å². The Labute approximate surface area is 208 Å². The molecule has 1 saturated heterocycles. The molecule has 35 heavy (non-hydrogen) atoms. The van der Waals surface area contributed by atoms with Crippen LogP contribution in [0.1, 0.15) is 44.6 Å². The van der Waals surface area contributed by atoms with Gasteiger partial charge in [0.15, 0.2) is 0 Å². The van der Waals surface area contributed by atoms with Gasteiger partial charge in [-0.15, -0.1) is 0 Å². The summed E-state index contributed by atoms with van der Waals surface area (Å²) in [6.45, 7) is 3.32. The van der Waals surface area contributed by atoms with Crippen molar-refractivity contribution in [2.75, 3.05) is 5.32 Å².